The zero-order chi connectivity index (χ0) is 26.4. The maximum absolute atomic E-state index is 16.4. The third-order valence-corrected chi connectivity index (χ3v) is 10.0. The van der Waals surface area contributed by atoms with Crippen molar-refractivity contribution in [1.82, 2.24) is 19.9 Å². The van der Waals surface area contributed by atoms with Crippen LogP contribution in [0.25, 0.3) is 32.9 Å². The first-order chi connectivity index (χ1) is 19.1. The summed E-state index contributed by atoms with van der Waals surface area (Å²) < 4.78 is 22.7. The molecule has 3 fully saturated rings. The van der Waals surface area contributed by atoms with E-state index in [1.54, 1.807) is 6.20 Å². The maximum Gasteiger partial charge on any atom is 0.319 e. The molecular formula is C30H32FN5O2S. The third kappa shape index (κ3) is 4.40. The van der Waals surface area contributed by atoms with Crippen molar-refractivity contribution in [2.24, 2.45) is 5.92 Å². The van der Waals surface area contributed by atoms with Crippen LogP contribution < -0.4 is 10.1 Å². The van der Waals surface area contributed by atoms with Gasteiger partial charge in [0.25, 0.3) is 0 Å². The van der Waals surface area contributed by atoms with Crippen molar-refractivity contribution < 1.29 is 14.2 Å². The van der Waals surface area contributed by atoms with Crippen molar-refractivity contribution in [1.29, 1.82) is 0 Å². The van der Waals surface area contributed by atoms with E-state index in [4.69, 9.17) is 9.72 Å². The molecule has 2 N–H and O–H groups in total. The number of ether oxygens (including phenoxy) is 1. The summed E-state index contributed by atoms with van der Waals surface area (Å²) in [6.07, 6.45) is 6.24. The van der Waals surface area contributed by atoms with E-state index in [0.717, 1.165) is 60.3 Å². The summed E-state index contributed by atoms with van der Waals surface area (Å²) >= 11 is 1.93. The van der Waals surface area contributed by atoms with Gasteiger partial charge in [0.05, 0.1) is 17.5 Å². The van der Waals surface area contributed by atoms with Crippen molar-refractivity contribution in [3.05, 3.63) is 54.0 Å². The van der Waals surface area contributed by atoms with Crippen LogP contribution in [0.4, 0.5) is 10.2 Å². The minimum absolute atomic E-state index is 0.0423. The van der Waals surface area contributed by atoms with Gasteiger partial charge >= 0.3 is 6.01 Å². The quantitative estimate of drug-likeness (QED) is 0.310. The number of pyridine rings is 1. The number of hydrogen-bond acceptors (Lipinski definition) is 8. The second-order valence-electron chi connectivity index (χ2n) is 11.0. The van der Waals surface area contributed by atoms with Crippen LogP contribution in [0.15, 0.2) is 42.6 Å². The molecular weight excluding hydrogens is 513 g/mol. The van der Waals surface area contributed by atoms with E-state index in [1.807, 2.05) is 48.2 Å². The average molecular weight is 546 g/mol. The van der Waals surface area contributed by atoms with Crippen molar-refractivity contribution >= 4 is 39.3 Å². The van der Waals surface area contributed by atoms with Crippen LogP contribution in [0.2, 0.25) is 0 Å². The van der Waals surface area contributed by atoms with E-state index < -0.39 is 5.82 Å². The molecule has 7 nitrogen and oxygen atoms in total. The molecule has 9 heteroatoms. The summed E-state index contributed by atoms with van der Waals surface area (Å²) in [6, 6.07) is 11.6. The van der Waals surface area contributed by atoms with Crippen LogP contribution in [0.5, 0.6) is 6.01 Å². The van der Waals surface area contributed by atoms with E-state index in [2.05, 4.69) is 20.2 Å². The first kappa shape index (κ1) is 25.0. The Labute approximate surface area is 231 Å². The van der Waals surface area contributed by atoms with Crippen molar-refractivity contribution in [3.8, 4) is 17.3 Å². The number of fused-ring (bicyclic) bond motifs is 3. The number of rotatable bonds is 8. The number of hydrogen-bond donors (Lipinski definition) is 2. The smallest absolute Gasteiger partial charge is 0.319 e. The Morgan fingerprint density at radius 2 is 1.90 bits per heavy atom. The Morgan fingerprint density at radius 3 is 2.64 bits per heavy atom. The Morgan fingerprint density at radius 1 is 1.10 bits per heavy atom. The molecule has 39 heavy (non-hydrogen) atoms. The van der Waals surface area contributed by atoms with Gasteiger partial charge in [-0.05, 0) is 72.5 Å². The van der Waals surface area contributed by atoms with E-state index >= 15 is 4.39 Å². The highest BCUT2D eigenvalue weighted by molar-refractivity contribution is 8.00. The number of aromatic nitrogens is 3. The van der Waals surface area contributed by atoms with Gasteiger partial charge in [0, 0.05) is 18.3 Å². The summed E-state index contributed by atoms with van der Waals surface area (Å²) in [4.78, 5) is 16.4. The molecule has 3 aliphatic heterocycles. The van der Waals surface area contributed by atoms with Crippen LogP contribution in [0.1, 0.15) is 31.2 Å². The number of halogens is 1. The summed E-state index contributed by atoms with van der Waals surface area (Å²) in [7, 11) is 0. The molecule has 0 unspecified atom stereocenters. The third-order valence-electron chi connectivity index (χ3n) is 8.63. The van der Waals surface area contributed by atoms with E-state index in [1.165, 1.54) is 12.8 Å². The summed E-state index contributed by atoms with van der Waals surface area (Å²) in [5, 5.41) is 15.7. The highest BCUT2D eigenvalue weighted by atomic mass is 32.2. The predicted octanol–water partition coefficient (Wildman–Crippen LogP) is 5.26. The second kappa shape index (κ2) is 10.2. The van der Waals surface area contributed by atoms with Crippen LogP contribution in [-0.2, 0) is 6.61 Å². The molecule has 3 aliphatic rings. The van der Waals surface area contributed by atoms with Crippen LogP contribution in [0.3, 0.4) is 0 Å². The molecule has 7 rings (SSSR count). The topological polar surface area (TPSA) is 83.4 Å². The lowest BCUT2D eigenvalue weighted by atomic mass is 9.95. The summed E-state index contributed by atoms with van der Waals surface area (Å²) in [6.45, 7) is 3.36. The Bertz CT molecular complexity index is 1530. The van der Waals surface area contributed by atoms with Gasteiger partial charge in [0.2, 0.25) is 0 Å². The van der Waals surface area contributed by atoms with Crippen molar-refractivity contribution in [2.45, 2.75) is 37.8 Å². The van der Waals surface area contributed by atoms with Crippen molar-refractivity contribution in [3.63, 3.8) is 0 Å². The highest BCUT2D eigenvalue weighted by Gasteiger charge is 2.45. The number of benzene rings is 2. The number of nitrogens with zero attached hydrogens (tertiary/aromatic N) is 4. The minimum Gasteiger partial charge on any atom is -0.461 e. The van der Waals surface area contributed by atoms with Gasteiger partial charge in [-0.15, -0.1) is 0 Å². The van der Waals surface area contributed by atoms with Crippen LogP contribution in [-0.4, -0.2) is 68.2 Å². The number of aliphatic hydroxyl groups excluding tert-OH is 1. The van der Waals surface area contributed by atoms with E-state index in [9.17, 15) is 5.11 Å². The SMILES string of the molecule is OCc1cccc2cccc(-c3ncc4c(NCC5CSC5)nc(OCC56CCCN5CCC6)nc4c3F)c12. The highest BCUT2D eigenvalue weighted by Crippen LogP contribution is 2.40. The Balaban J connectivity index is 1.31. The summed E-state index contributed by atoms with van der Waals surface area (Å²) in [5.41, 5.74) is 1.80. The minimum atomic E-state index is -0.510. The first-order valence-electron chi connectivity index (χ1n) is 13.8. The molecule has 0 aliphatic carbocycles. The van der Waals surface area contributed by atoms with E-state index in [-0.39, 0.29) is 29.4 Å². The zero-order valence-electron chi connectivity index (χ0n) is 21.8. The monoisotopic (exact) mass is 545 g/mol. The van der Waals surface area contributed by atoms with Gasteiger partial charge in [-0.25, -0.2) is 4.39 Å². The number of anilines is 1. The molecule has 0 bridgehead atoms. The normalized spacial score (nSPS) is 18.9. The van der Waals surface area contributed by atoms with Crippen LogP contribution >= 0.6 is 11.8 Å². The molecule has 2 aromatic carbocycles. The van der Waals surface area contributed by atoms with Gasteiger partial charge in [0.15, 0.2) is 5.82 Å². The molecule has 0 saturated carbocycles. The molecule has 0 atom stereocenters. The van der Waals surface area contributed by atoms with Gasteiger partial charge in [-0.1, -0.05) is 36.4 Å². The van der Waals surface area contributed by atoms with Crippen LogP contribution in [0, 0.1) is 11.7 Å². The molecule has 4 aromatic rings. The molecule has 3 saturated heterocycles. The fourth-order valence-corrected chi connectivity index (χ4v) is 7.28. The summed E-state index contributed by atoms with van der Waals surface area (Å²) in [5.74, 6) is 2.85. The lowest BCUT2D eigenvalue weighted by Crippen LogP contribution is -2.43. The molecule has 0 radical (unpaired) electrons. The average Bonchev–Trinajstić information content (AvgIpc) is 3.51. The number of nitrogens with one attached hydrogen (secondary N) is 1. The first-order valence-corrected chi connectivity index (χ1v) is 15.0. The largest absolute Gasteiger partial charge is 0.461 e. The zero-order valence-corrected chi connectivity index (χ0v) is 22.6. The molecule has 0 spiro atoms. The fraction of sp³-hybridized carbons (Fsp3) is 0.433. The van der Waals surface area contributed by atoms with Gasteiger partial charge < -0.3 is 15.2 Å². The Kier molecular flexibility index (Phi) is 6.53. The fourth-order valence-electron chi connectivity index (χ4n) is 6.47. The lowest BCUT2D eigenvalue weighted by Gasteiger charge is -2.31. The van der Waals surface area contributed by atoms with Gasteiger partial charge in [0.1, 0.15) is 23.6 Å². The standard InChI is InChI=1S/C30H32FN5O2S/c31-25-26(22-8-2-6-20-5-1-7-21(15-37)24(20)22)32-14-23-27(25)34-29(35-28(23)33-13-19-16-39-17-19)38-18-30-9-3-11-36(30)12-4-10-30/h1-2,5-8,14,19,37H,3-4,9-13,15-18H2,(H,33,34,35). The Hall–Kier alpha value is -3.01. The number of aliphatic hydroxyl groups is 1. The molecule has 5 heterocycles. The van der Waals surface area contributed by atoms with E-state index in [0.29, 0.717) is 29.3 Å². The molecule has 0 amide bonds. The number of thioether (sulfide) groups is 1. The lowest BCUT2D eigenvalue weighted by molar-refractivity contribution is 0.108. The molecule has 202 valence electrons. The van der Waals surface area contributed by atoms with Gasteiger partial charge in [-0.2, -0.15) is 21.7 Å². The second-order valence-corrected chi connectivity index (χ2v) is 12.1. The maximum atomic E-state index is 16.4. The predicted molar refractivity (Wildman–Crippen MR) is 154 cm³/mol. The molecule has 2 aromatic heterocycles. The van der Waals surface area contributed by atoms with Crippen molar-refractivity contribution in [2.75, 3.05) is 43.1 Å². The van der Waals surface area contributed by atoms with Gasteiger partial charge in [-0.3, -0.25) is 9.88 Å².